The smallest absolute Gasteiger partial charge is 0.220 e. The van der Waals surface area contributed by atoms with Crippen LogP contribution in [0.3, 0.4) is 0 Å². The maximum absolute atomic E-state index is 5.47. The molecule has 1 atom stereocenters. The first-order valence-corrected chi connectivity index (χ1v) is 20.4. The summed E-state index contributed by atoms with van der Waals surface area (Å²) in [6.07, 6.45) is 3.33. The summed E-state index contributed by atoms with van der Waals surface area (Å²) in [5.74, 6) is 3.20. The van der Waals surface area contributed by atoms with Gasteiger partial charge < -0.3 is 0 Å². The van der Waals surface area contributed by atoms with Gasteiger partial charge in [-0.2, -0.15) is 0 Å². The molecule has 0 saturated heterocycles. The van der Waals surface area contributed by atoms with Crippen LogP contribution in [0.5, 0.6) is 0 Å². The molecular weight excluding hydrogens is 721 g/mol. The van der Waals surface area contributed by atoms with E-state index < -0.39 is 0 Å². The van der Waals surface area contributed by atoms with Gasteiger partial charge in [0, 0.05) is 45.1 Å². The number of imidazole rings is 1. The Labute approximate surface area is 344 Å². The Bertz CT molecular complexity index is 2850. The summed E-state index contributed by atoms with van der Waals surface area (Å²) in [6, 6.07) is 63.9. The minimum absolute atomic E-state index is 0.404. The van der Waals surface area contributed by atoms with Crippen molar-refractivity contribution in [3.63, 3.8) is 0 Å². The van der Waals surface area contributed by atoms with Crippen LogP contribution in [0.25, 0.3) is 73.2 Å². The van der Waals surface area contributed by atoms with Gasteiger partial charge in [-0.05, 0) is 77.9 Å². The molecule has 1 aliphatic heterocycles. The maximum atomic E-state index is 5.47. The fourth-order valence-electron chi connectivity index (χ4n) is 8.77. The molecule has 3 heterocycles. The van der Waals surface area contributed by atoms with E-state index in [2.05, 4.69) is 186 Å². The summed E-state index contributed by atoms with van der Waals surface area (Å²) >= 11 is 0. The van der Waals surface area contributed by atoms with E-state index in [0.717, 1.165) is 64.4 Å². The SMILES string of the molecule is CC1CCCc2c1nc1n2-c2ccccc2-c2ccccc2N1c1ccc(-c2nc(-c3ccc(-c4ccccc4)cc3)nc(-c3ccc(-c4ccccc4)cc3)n2)cc1. The number of hydrogen-bond donors (Lipinski definition) is 0. The third-order valence-corrected chi connectivity index (χ3v) is 11.8. The minimum atomic E-state index is 0.404. The van der Waals surface area contributed by atoms with Crippen molar-refractivity contribution in [1.29, 1.82) is 0 Å². The molecular formula is C53H40N6. The molecule has 0 radical (unpaired) electrons. The van der Waals surface area contributed by atoms with Crippen LogP contribution in [0.15, 0.2) is 182 Å². The van der Waals surface area contributed by atoms with E-state index in [4.69, 9.17) is 19.9 Å². The molecule has 2 aliphatic rings. The van der Waals surface area contributed by atoms with E-state index in [0.29, 0.717) is 23.4 Å². The Morgan fingerprint density at radius 1 is 0.424 bits per heavy atom. The fraction of sp³-hybridized carbons (Fsp3) is 0.0943. The van der Waals surface area contributed by atoms with Crippen LogP contribution < -0.4 is 4.90 Å². The third kappa shape index (κ3) is 6.21. The highest BCUT2D eigenvalue weighted by molar-refractivity contribution is 5.93. The average molecular weight is 761 g/mol. The zero-order chi connectivity index (χ0) is 39.3. The monoisotopic (exact) mass is 760 g/mol. The van der Waals surface area contributed by atoms with E-state index in [1.165, 1.54) is 39.3 Å². The molecule has 6 nitrogen and oxygen atoms in total. The van der Waals surface area contributed by atoms with Gasteiger partial charge in [0.25, 0.3) is 0 Å². The minimum Gasteiger partial charge on any atom is -0.282 e. The molecule has 1 aliphatic carbocycles. The van der Waals surface area contributed by atoms with Crippen LogP contribution in [0.1, 0.15) is 37.1 Å². The van der Waals surface area contributed by atoms with Gasteiger partial charge in [0.05, 0.1) is 17.1 Å². The van der Waals surface area contributed by atoms with E-state index in [1.54, 1.807) is 0 Å². The number of para-hydroxylation sites is 2. The number of anilines is 3. The van der Waals surface area contributed by atoms with Crippen molar-refractivity contribution in [3.8, 4) is 73.2 Å². The standard InChI is InChI=1S/C53H40N6/c1-35-13-12-22-48-49(35)54-53-58(46-20-10-8-18-44(46)45-19-9-11-21-47(45)59(48)53)43-33-31-42(32-34-43)52-56-50(40-27-23-38(24-28-40)36-14-4-2-5-15-36)55-51(57-52)41-29-25-39(26-30-41)37-16-6-3-7-17-37/h2-11,14-21,23-35H,12-13,22H2,1H3. The molecule has 2 aromatic heterocycles. The second-order valence-corrected chi connectivity index (χ2v) is 15.5. The summed E-state index contributed by atoms with van der Waals surface area (Å²) < 4.78 is 2.42. The maximum Gasteiger partial charge on any atom is 0.220 e. The lowest BCUT2D eigenvalue weighted by atomic mass is 9.91. The molecule has 0 spiro atoms. The molecule has 282 valence electrons. The molecule has 9 aromatic rings. The Hall–Kier alpha value is -7.44. The van der Waals surface area contributed by atoms with E-state index >= 15 is 0 Å². The summed E-state index contributed by atoms with van der Waals surface area (Å²) in [5, 5.41) is 0. The topological polar surface area (TPSA) is 59.7 Å². The van der Waals surface area contributed by atoms with Crippen LogP contribution in [0, 0.1) is 0 Å². The van der Waals surface area contributed by atoms with Gasteiger partial charge in [0.1, 0.15) is 0 Å². The molecule has 7 aromatic carbocycles. The lowest BCUT2D eigenvalue weighted by Crippen LogP contribution is -2.15. The number of hydrogen-bond acceptors (Lipinski definition) is 5. The van der Waals surface area contributed by atoms with E-state index in [-0.39, 0.29) is 0 Å². The van der Waals surface area contributed by atoms with E-state index in [9.17, 15) is 0 Å². The highest BCUT2D eigenvalue weighted by Gasteiger charge is 2.33. The molecule has 6 heteroatoms. The van der Waals surface area contributed by atoms with Gasteiger partial charge >= 0.3 is 0 Å². The van der Waals surface area contributed by atoms with Crippen molar-refractivity contribution in [2.75, 3.05) is 4.90 Å². The van der Waals surface area contributed by atoms with Crippen molar-refractivity contribution in [2.45, 2.75) is 32.1 Å². The van der Waals surface area contributed by atoms with Crippen LogP contribution in [0.4, 0.5) is 17.3 Å². The van der Waals surface area contributed by atoms with Crippen molar-refractivity contribution in [1.82, 2.24) is 24.5 Å². The Balaban J connectivity index is 1.02. The van der Waals surface area contributed by atoms with Gasteiger partial charge in [0.15, 0.2) is 17.5 Å². The van der Waals surface area contributed by atoms with Gasteiger partial charge in [-0.15, -0.1) is 0 Å². The summed E-state index contributed by atoms with van der Waals surface area (Å²) in [6.45, 7) is 2.32. The van der Waals surface area contributed by atoms with Crippen LogP contribution in [0.2, 0.25) is 0 Å². The van der Waals surface area contributed by atoms with Crippen molar-refractivity contribution < 1.29 is 0 Å². The zero-order valence-corrected chi connectivity index (χ0v) is 32.7. The fourth-order valence-corrected chi connectivity index (χ4v) is 8.77. The Kier molecular flexibility index (Phi) is 8.54. The molecule has 0 bridgehead atoms. The predicted molar refractivity (Wildman–Crippen MR) is 239 cm³/mol. The number of aromatic nitrogens is 5. The molecule has 59 heavy (non-hydrogen) atoms. The first-order valence-electron chi connectivity index (χ1n) is 20.4. The third-order valence-electron chi connectivity index (χ3n) is 11.8. The number of nitrogens with zero attached hydrogens (tertiary/aromatic N) is 6. The van der Waals surface area contributed by atoms with Gasteiger partial charge in [-0.1, -0.05) is 153 Å². The zero-order valence-electron chi connectivity index (χ0n) is 32.7. The first-order chi connectivity index (χ1) is 29.2. The molecule has 11 rings (SSSR count). The molecule has 0 fully saturated rings. The van der Waals surface area contributed by atoms with Crippen molar-refractivity contribution >= 4 is 17.3 Å². The molecule has 0 saturated carbocycles. The average Bonchev–Trinajstić information content (AvgIpc) is 3.65. The second-order valence-electron chi connectivity index (χ2n) is 15.5. The first kappa shape index (κ1) is 34.8. The highest BCUT2D eigenvalue weighted by Crippen LogP contribution is 2.49. The quantitative estimate of drug-likeness (QED) is 0.169. The lowest BCUT2D eigenvalue weighted by Gasteiger charge is -2.25. The molecule has 0 N–H and O–H groups in total. The lowest BCUT2D eigenvalue weighted by molar-refractivity contribution is 0.569. The predicted octanol–water partition coefficient (Wildman–Crippen LogP) is 13.3. The van der Waals surface area contributed by atoms with Crippen molar-refractivity contribution in [3.05, 3.63) is 193 Å². The summed E-state index contributed by atoms with van der Waals surface area (Å²) in [5.41, 5.74) is 15.6. The number of benzene rings is 7. The largest absolute Gasteiger partial charge is 0.282 e. The summed E-state index contributed by atoms with van der Waals surface area (Å²) in [4.78, 5) is 23.1. The summed E-state index contributed by atoms with van der Waals surface area (Å²) in [7, 11) is 0. The number of rotatable bonds is 6. The van der Waals surface area contributed by atoms with Crippen LogP contribution in [-0.4, -0.2) is 24.5 Å². The highest BCUT2D eigenvalue weighted by atomic mass is 15.3. The van der Waals surface area contributed by atoms with E-state index in [1.807, 2.05) is 12.1 Å². The normalized spacial score (nSPS) is 14.1. The number of fused-ring (bicyclic) bond motifs is 7. The van der Waals surface area contributed by atoms with Crippen molar-refractivity contribution in [2.24, 2.45) is 0 Å². The van der Waals surface area contributed by atoms with Gasteiger partial charge in [-0.3, -0.25) is 9.47 Å². The van der Waals surface area contributed by atoms with Crippen LogP contribution >= 0.6 is 0 Å². The van der Waals surface area contributed by atoms with Crippen LogP contribution in [-0.2, 0) is 6.42 Å². The molecule has 0 amide bonds. The van der Waals surface area contributed by atoms with Gasteiger partial charge in [-0.25, -0.2) is 19.9 Å². The molecule has 1 unspecified atom stereocenters. The van der Waals surface area contributed by atoms with Gasteiger partial charge in [0.2, 0.25) is 5.95 Å². The Morgan fingerprint density at radius 2 is 0.847 bits per heavy atom. The second kappa shape index (κ2) is 14.5. The Morgan fingerprint density at radius 3 is 1.39 bits per heavy atom.